The molecule has 3 heteroatoms. The first-order valence-electron chi connectivity index (χ1n) is 4.79. The van der Waals surface area contributed by atoms with E-state index in [0.29, 0.717) is 6.54 Å². The lowest BCUT2D eigenvalue weighted by Crippen LogP contribution is -2.18. The summed E-state index contributed by atoms with van der Waals surface area (Å²) in [7, 11) is 0. The quantitative estimate of drug-likeness (QED) is 0.483. The zero-order valence-corrected chi connectivity index (χ0v) is 8.05. The van der Waals surface area contributed by atoms with E-state index in [2.05, 4.69) is 5.32 Å². The number of nitrogens with one attached hydrogen (secondary N) is 1. The van der Waals surface area contributed by atoms with Gasteiger partial charge < -0.3 is 10.4 Å². The Labute approximate surface area is 78.8 Å². The first kappa shape index (κ1) is 10.3. The molecule has 1 aliphatic rings. The van der Waals surface area contributed by atoms with Crippen LogP contribution in [0.25, 0.3) is 0 Å². The molecular weight excluding hydrogens is 166 g/mol. The van der Waals surface area contributed by atoms with E-state index in [1.807, 2.05) is 6.92 Å². The minimum atomic E-state index is -0.860. The van der Waals surface area contributed by atoms with E-state index >= 15 is 0 Å². The van der Waals surface area contributed by atoms with E-state index in [1.165, 1.54) is 25.3 Å². The fourth-order valence-corrected chi connectivity index (χ4v) is 1.26. The van der Waals surface area contributed by atoms with Crippen molar-refractivity contribution in [2.45, 2.75) is 26.2 Å². The van der Waals surface area contributed by atoms with Crippen LogP contribution in [-0.2, 0) is 4.79 Å². The van der Waals surface area contributed by atoms with Gasteiger partial charge >= 0.3 is 5.97 Å². The van der Waals surface area contributed by atoms with Crippen molar-refractivity contribution in [2.75, 3.05) is 13.1 Å². The first-order chi connectivity index (χ1) is 6.18. The first-order valence-corrected chi connectivity index (χ1v) is 4.79. The Bertz CT molecular complexity index is 207. The van der Waals surface area contributed by atoms with Gasteiger partial charge in [0.2, 0.25) is 0 Å². The van der Waals surface area contributed by atoms with Gasteiger partial charge in [-0.25, -0.2) is 4.79 Å². The second-order valence-corrected chi connectivity index (χ2v) is 3.74. The molecule has 0 aromatic heterocycles. The van der Waals surface area contributed by atoms with Crippen LogP contribution in [0.5, 0.6) is 0 Å². The monoisotopic (exact) mass is 183 g/mol. The van der Waals surface area contributed by atoms with Crippen molar-refractivity contribution >= 4 is 5.97 Å². The summed E-state index contributed by atoms with van der Waals surface area (Å²) in [5, 5.41) is 11.7. The molecule has 0 spiro atoms. The topological polar surface area (TPSA) is 49.3 Å². The highest BCUT2D eigenvalue weighted by atomic mass is 16.4. The van der Waals surface area contributed by atoms with Gasteiger partial charge in [0.05, 0.1) is 0 Å². The van der Waals surface area contributed by atoms with Gasteiger partial charge in [0.1, 0.15) is 0 Å². The third-order valence-corrected chi connectivity index (χ3v) is 2.20. The van der Waals surface area contributed by atoms with Crippen LogP contribution in [0.3, 0.4) is 0 Å². The van der Waals surface area contributed by atoms with E-state index in [1.54, 1.807) is 0 Å². The highest BCUT2D eigenvalue weighted by Crippen LogP contribution is 2.31. The van der Waals surface area contributed by atoms with E-state index in [-0.39, 0.29) is 0 Å². The van der Waals surface area contributed by atoms with Gasteiger partial charge in [0, 0.05) is 12.6 Å². The number of carbonyl (C=O) groups is 1. The van der Waals surface area contributed by atoms with Crippen molar-refractivity contribution in [3.63, 3.8) is 0 Å². The largest absolute Gasteiger partial charge is 0.478 e. The van der Waals surface area contributed by atoms with Crippen LogP contribution in [-0.4, -0.2) is 24.2 Å². The Morgan fingerprint density at radius 2 is 2.31 bits per heavy atom. The second kappa shape index (κ2) is 5.02. The van der Waals surface area contributed by atoms with E-state index in [9.17, 15) is 4.79 Å². The number of hydrogen-bond acceptors (Lipinski definition) is 2. The molecule has 0 amide bonds. The molecule has 1 rings (SSSR count). The summed E-state index contributed by atoms with van der Waals surface area (Å²) in [6, 6.07) is 0. The predicted octanol–water partition coefficient (Wildman–Crippen LogP) is 1.41. The molecule has 0 radical (unpaired) electrons. The average molecular weight is 183 g/mol. The van der Waals surface area contributed by atoms with Crippen LogP contribution in [0.2, 0.25) is 0 Å². The Hall–Kier alpha value is -0.830. The molecule has 0 atom stereocenters. The molecule has 0 aromatic carbocycles. The molecule has 3 nitrogen and oxygen atoms in total. The van der Waals surface area contributed by atoms with E-state index in [0.717, 1.165) is 18.0 Å². The number of rotatable bonds is 6. The Morgan fingerprint density at radius 3 is 2.85 bits per heavy atom. The van der Waals surface area contributed by atoms with Crippen LogP contribution in [0, 0.1) is 5.92 Å². The van der Waals surface area contributed by atoms with Crippen LogP contribution in [0.1, 0.15) is 26.2 Å². The van der Waals surface area contributed by atoms with Gasteiger partial charge in [0.15, 0.2) is 0 Å². The summed E-state index contributed by atoms with van der Waals surface area (Å²) in [6.45, 7) is 3.53. The maximum Gasteiger partial charge on any atom is 0.328 e. The molecular formula is C10H17NO2. The van der Waals surface area contributed by atoms with Crippen molar-refractivity contribution in [2.24, 2.45) is 5.92 Å². The van der Waals surface area contributed by atoms with Gasteiger partial charge in [-0.3, -0.25) is 0 Å². The number of hydrogen-bond donors (Lipinski definition) is 2. The lowest BCUT2D eigenvalue weighted by Gasteiger charge is -2.02. The minimum Gasteiger partial charge on any atom is -0.478 e. The normalized spacial score (nSPS) is 17.5. The van der Waals surface area contributed by atoms with Crippen LogP contribution < -0.4 is 5.32 Å². The highest BCUT2D eigenvalue weighted by Gasteiger charge is 2.19. The van der Waals surface area contributed by atoms with Gasteiger partial charge in [-0.15, -0.1) is 0 Å². The van der Waals surface area contributed by atoms with Gasteiger partial charge in [-0.1, -0.05) is 18.4 Å². The van der Waals surface area contributed by atoms with E-state index in [4.69, 9.17) is 5.11 Å². The summed E-state index contributed by atoms with van der Waals surface area (Å²) in [5.74, 6) is 0.0813. The average Bonchev–Trinajstić information content (AvgIpc) is 2.80. The summed E-state index contributed by atoms with van der Waals surface area (Å²) in [6.07, 6.45) is 5.25. The number of carboxylic acids is 1. The van der Waals surface area contributed by atoms with Crippen molar-refractivity contribution in [3.05, 3.63) is 11.6 Å². The third kappa shape index (κ3) is 5.42. The fourth-order valence-electron chi connectivity index (χ4n) is 1.26. The minimum absolute atomic E-state index is 0.693. The van der Waals surface area contributed by atoms with Crippen molar-refractivity contribution < 1.29 is 9.90 Å². The molecule has 1 fully saturated rings. The van der Waals surface area contributed by atoms with Gasteiger partial charge in [-0.05, 0) is 25.8 Å². The summed E-state index contributed by atoms with van der Waals surface area (Å²) in [5.41, 5.74) is 0.878. The Balaban J connectivity index is 1.99. The van der Waals surface area contributed by atoms with Crippen molar-refractivity contribution in [1.82, 2.24) is 5.32 Å². The Kier molecular flexibility index (Phi) is 3.96. The van der Waals surface area contributed by atoms with Gasteiger partial charge in [0.25, 0.3) is 0 Å². The molecule has 0 saturated heterocycles. The maximum atomic E-state index is 10.3. The van der Waals surface area contributed by atoms with Crippen molar-refractivity contribution in [1.29, 1.82) is 0 Å². The molecule has 0 bridgehead atoms. The van der Waals surface area contributed by atoms with Gasteiger partial charge in [-0.2, -0.15) is 0 Å². The highest BCUT2D eigenvalue weighted by molar-refractivity contribution is 5.80. The summed E-state index contributed by atoms with van der Waals surface area (Å²) in [4.78, 5) is 10.3. The molecule has 2 N–H and O–H groups in total. The molecule has 13 heavy (non-hydrogen) atoms. The number of aliphatic carboxylic acids is 1. The molecule has 74 valence electrons. The zero-order chi connectivity index (χ0) is 9.68. The summed E-state index contributed by atoms with van der Waals surface area (Å²) >= 11 is 0. The SMILES string of the molecule is CC(=CC(=O)O)CNCCC1CC1. The molecule has 1 saturated carbocycles. The lowest BCUT2D eigenvalue weighted by molar-refractivity contribution is -0.131. The zero-order valence-electron chi connectivity index (χ0n) is 8.05. The lowest BCUT2D eigenvalue weighted by atomic mass is 10.2. The standard InChI is InChI=1S/C10H17NO2/c1-8(6-10(12)13)7-11-5-4-9-2-3-9/h6,9,11H,2-5,7H2,1H3,(H,12,13). The summed E-state index contributed by atoms with van der Waals surface area (Å²) < 4.78 is 0. The second-order valence-electron chi connectivity index (χ2n) is 3.74. The smallest absolute Gasteiger partial charge is 0.328 e. The van der Waals surface area contributed by atoms with Crippen LogP contribution in [0.4, 0.5) is 0 Å². The fraction of sp³-hybridized carbons (Fsp3) is 0.700. The Morgan fingerprint density at radius 1 is 1.62 bits per heavy atom. The van der Waals surface area contributed by atoms with Crippen LogP contribution >= 0.6 is 0 Å². The molecule has 0 unspecified atom stereocenters. The van der Waals surface area contributed by atoms with Crippen LogP contribution in [0.15, 0.2) is 11.6 Å². The molecule has 0 aromatic rings. The molecule has 0 aliphatic heterocycles. The van der Waals surface area contributed by atoms with Crippen molar-refractivity contribution in [3.8, 4) is 0 Å². The third-order valence-electron chi connectivity index (χ3n) is 2.20. The molecule has 0 heterocycles. The van der Waals surface area contributed by atoms with E-state index < -0.39 is 5.97 Å². The number of carboxylic acid groups (broad SMARTS) is 1. The predicted molar refractivity (Wildman–Crippen MR) is 51.6 cm³/mol. The molecule has 1 aliphatic carbocycles. The maximum absolute atomic E-state index is 10.3.